The van der Waals surface area contributed by atoms with E-state index in [0.717, 1.165) is 16.8 Å². The lowest BCUT2D eigenvalue weighted by molar-refractivity contribution is -0.136. The second kappa shape index (κ2) is 7.06. The van der Waals surface area contributed by atoms with Gasteiger partial charge in [0, 0.05) is 11.4 Å². The number of carboxylic acid groups (broad SMARTS) is 1. The van der Waals surface area contributed by atoms with Gasteiger partial charge in [0.2, 0.25) is 5.91 Å². The van der Waals surface area contributed by atoms with Gasteiger partial charge in [-0.3, -0.25) is 9.59 Å². The van der Waals surface area contributed by atoms with Gasteiger partial charge in [0.05, 0.1) is 12.2 Å². The Labute approximate surface area is 111 Å². The molecule has 5 heteroatoms. The number of rotatable bonds is 6. The highest BCUT2D eigenvalue weighted by molar-refractivity contribution is 7.99. The quantitative estimate of drug-likeness (QED) is 0.777. The maximum absolute atomic E-state index is 11.6. The van der Waals surface area contributed by atoms with Crippen LogP contribution in [-0.2, 0) is 9.59 Å². The summed E-state index contributed by atoms with van der Waals surface area (Å²) in [6.45, 7) is 3.95. The second-order valence-electron chi connectivity index (χ2n) is 3.99. The first-order valence-corrected chi connectivity index (χ1v) is 6.82. The molecule has 18 heavy (non-hydrogen) atoms. The van der Waals surface area contributed by atoms with Crippen LogP contribution in [0.15, 0.2) is 18.2 Å². The van der Waals surface area contributed by atoms with E-state index < -0.39 is 5.97 Å². The van der Waals surface area contributed by atoms with Crippen molar-refractivity contribution in [2.75, 3.05) is 16.8 Å². The summed E-state index contributed by atoms with van der Waals surface area (Å²) in [7, 11) is 0. The summed E-state index contributed by atoms with van der Waals surface area (Å²) in [5.74, 6) is -0.201. The standard InChI is InChI=1S/C13H17NO3S/c1-9-4-3-5-11(10(9)2)14-12(15)8-18-7-6-13(16)17/h3-5H,6-8H2,1-2H3,(H,14,15)(H,16,17). The first kappa shape index (κ1) is 14.6. The molecular formula is C13H17NO3S. The van der Waals surface area contributed by atoms with Crippen LogP contribution < -0.4 is 5.32 Å². The van der Waals surface area contributed by atoms with Crippen molar-refractivity contribution in [1.82, 2.24) is 0 Å². The summed E-state index contributed by atoms with van der Waals surface area (Å²) < 4.78 is 0. The van der Waals surface area contributed by atoms with Crippen LogP contribution in [0, 0.1) is 13.8 Å². The van der Waals surface area contributed by atoms with E-state index in [4.69, 9.17) is 5.11 Å². The largest absolute Gasteiger partial charge is 0.481 e. The van der Waals surface area contributed by atoms with Crippen LogP contribution in [0.5, 0.6) is 0 Å². The van der Waals surface area contributed by atoms with Crippen LogP contribution in [0.2, 0.25) is 0 Å². The van der Waals surface area contributed by atoms with E-state index in [0.29, 0.717) is 5.75 Å². The topological polar surface area (TPSA) is 66.4 Å². The number of aryl methyl sites for hydroxylation is 1. The molecule has 0 aliphatic rings. The van der Waals surface area contributed by atoms with Crippen molar-refractivity contribution in [2.24, 2.45) is 0 Å². The zero-order chi connectivity index (χ0) is 13.5. The van der Waals surface area contributed by atoms with Gasteiger partial charge < -0.3 is 10.4 Å². The van der Waals surface area contributed by atoms with E-state index in [-0.39, 0.29) is 18.1 Å². The average molecular weight is 267 g/mol. The molecule has 98 valence electrons. The van der Waals surface area contributed by atoms with Crippen molar-refractivity contribution in [3.63, 3.8) is 0 Å². The smallest absolute Gasteiger partial charge is 0.304 e. The molecule has 1 aromatic carbocycles. The number of carboxylic acids is 1. The summed E-state index contributed by atoms with van der Waals surface area (Å²) in [5, 5.41) is 11.3. The normalized spacial score (nSPS) is 10.1. The van der Waals surface area contributed by atoms with Crippen molar-refractivity contribution in [3.05, 3.63) is 29.3 Å². The summed E-state index contributed by atoms with van der Waals surface area (Å²) in [5.41, 5.74) is 3.01. The van der Waals surface area contributed by atoms with E-state index in [2.05, 4.69) is 5.32 Å². The van der Waals surface area contributed by atoms with Gasteiger partial charge in [-0.25, -0.2) is 0 Å². The zero-order valence-corrected chi connectivity index (χ0v) is 11.3. The van der Waals surface area contributed by atoms with E-state index >= 15 is 0 Å². The summed E-state index contributed by atoms with van der Waals surface area (Å²) >= 11 is 1.33. The lowest BCUT2D eigenvalue weighted by atomic mass is 10.1. The third kappa shape index (κ3) is 4.79. The molecule has 0 atom stereocenters. The molecule has 0 heterocycles. The molecule has 1 amide bonds. The molecule has 0 bridgehead atoms. The minimum atomic E-state index is -0.836. The van der Waals surface area contributed by atoms with Gasteiger partial charge in [-0.15, -0.1) is 0 Å². The molecule has 2 N–H and O–H groups in total. The third-order valence-electron chi connectivity index (χ3n) is 2.57. The highest BCUT2D eigenvalue weighted by Gasteiger charge is 2.06. The summed E-state index contributed by atoms with van der Waals surface area (Å²) in [6.07, 6.45) is 0.0847. The maximum atomic E-state index is 11.6. The fourth-order valence-corrected chi connectivity index (χ4v) is 2.12. The highest BCUT2D eigenvalue weighted by Crippen LogP contribution is 2.18. The number of hydrogen-bond acceptors (Lipinski definition) is 3. The van der Waals surface area contributed by atoms with Crippen LogP contribution in [0.3, 0.4) is 0 Å². The summed E-state index contributed by atoms with van der Waals surface area (Å²) in [6, 6.07) is 5.75. The minimum Gasteiger partial charge on any atom is -0.481 e. The number of anilines is 1. The fraction of sp³-hybridized carbons (Fsp3) is 0.385. The molecule has 1 aromatic rings. The fourth-order valence-electron chi connectivity index (χ4n) is 1.40. The van der Waals surface area contributed by atoms with Crippen molar-refractivity contribution in [1.29, 1.82) is 0 Å². The SMILES string of the molecule is Cc1cccc(NC(=O)CSCCC(=O)O)c1C. The number of carbonyl (C=O) groups excluding carboxylic acids is 1. The molecule has 0 radical (unpaired) electrons. The average Bonchev–Trinajstić information content (AvgIpc) is 2.30. The Kier molecular flexibility index (Phi) is 5.71. The first-order chi connectivity index (χ1) is 8.50. The predicted molar refractivity (Wildman–Crippen MR) is 74.1 cm³/mol. The Morgan fingerprint density at radius 2 is 2.06 bits per heavy atom. The molecule has 1 rings (SSSR count). The predicted octanol–water partition coefficient (Wildman–Crippen LogP) is 2.45. The van der Waals surface area contributed by atoms with Gasteiger partial charge in [-0.1, -0.05) is 12.1 Å². The lowest BCUT2D eigenvalue weighted by Gasteiger charge is -2.09. The number of carbonyl (C=O) groups is 2. The molecular weight excluding hydrogens is 250 g/mol. The van der Waals surface area contributed by atoms with Crippen LogP contribution in [0.1, 0.15) is 17.5 Å². The van der Waals surface area contributed by atoms with Gasteiger partial charge >= 0.3 is 5.97 Å². The van der Waals surface area contributed by atoms with Gasteiger partial charge in [0.1, 0.15) is 0 Å². The number of thioether (sulfide) groups is 1. The zero-order valence-electron chi connectivity index (χ0n) is 10.5. The Hall–Kier alpha value is -1.49. The second-order valence-corrected chi connectivity index (χ2v) is 5.10. The summed E-state index contributed by atoms with van der Waals surface area (Å²) in [4.78, 5) is 21.9. The van der Waals surface area contributed by atoms with E-state index in [1.807, 2.05) is 32.0 Å². The number of hydrogen-bond donors (Lipinski definition) is 2. The van der Waals surface area contributed by atoms with Crippen molar-refractivity contribution >= 4 is 29.3 Å². The maximum Gasteiger partial charge on any atom is 0.304 e. The van der Waals surface area contributed by atoms with E-state index in [1.165, 1.54) is 11.8 Å². The Morgan fingerprint density at radius 1 is 1.33 bits per heavy atom. The molecule has 0 saturated heterocycles. The molecule has 0 unspecified atom stereocenters. The Morgan fingerprint density at radius 3 is 2.72 bits per heavy atom. The van der Waals surface area contributed by atoms with Gasteiger partial charge in [-0.05, 0) is 31.0 Å². The Bertz CT molecular complexity index is 446. The van der Waals surface area contributed by atoms with Crippen LogP contribution in [0.25, 0.3) is 0 Å². The lowest BCUT2D eigenvalue weighted by Crippen LogP contribution is -2.15. The number of amides is 1. The highest BCUT2D eigenvalue weighted by atomic mass is 32.2. The van der Waals surface area contributed by atoms with Crippen molar-refractivity contribution in [2.45, 2.75) is 20.3 Å². The molecule has 0 aliphatic carbocycles. The van der Waals surface area contributed by atoms with Gasteiger partial charge in [-0.2, -0.15) is 11.8 Å². The molecule has 0 fully saturated rings. The van der Waals surface area contributed by atoms with Crippen molar-refractivity contribution in [3.8, 4) is 0 Å². The van der Waals surface area contributed by atoms with Crippen molar-refractivity contribution < 1.29 is 14.7 Å². The van der Waals surface area contributed by atoms with E-state index in [1.54, 1.807) is 0 Å². The number of nitrogens with one attached hydrogen (secondary N) is 1. The first-order valence-electron chi connectivity index (χ1n) is 5.66. The molecule has 0 spiro atoms. The van der Waals surface area contributed by atoms with Crippen LogP contribution in [-0.4, -0.2) is 28.5 Å². The van der Waals surface area contributed by atoms with Crippen LogP contribution in [0.4, 0.5) is 5.69 Å². The number of aliphatic carboxylic acids is 1. The van der Waals surface area contributed by atoms with Gasteiger partial charge in [0.15, 0.2) is 0 Å². The third-order valence-corrected chi connectivity index (χ3v) is 3.53. The van der Waals surface area contributed by atoms with Crippen LogP contribution >= 0.6 is 11.8 Å². The molecule has 0 saturated carbocycles. The Balaban J connectivity index is 2.40. The minimum absolute atomic E-state index is 0.0847. The molecule has 0 aliphatic heterocycles. The molecule has 4 nitrogen and oxygen atoms in total. The monoisotopic (exact) mass is 267 g/mol. The molecule has 0 aromatic heterocycles. The van der Waals surface area contributed by atoms with E-state index in [9.17, 15) is 9.59 Å². The van der Waals surface area contributed by atoms with Gasteiger partial charge in [0.25, 0.3) is 0 Å². The number of benzene rings is 1.